The molecule has 2 aromatic rings. The van der Waals surface area contributed by atoms with Crippen LogP contribution >= 0.6 is 15.9 Å². The average Bonchev–Trinajstić information content (AvgIpc) is 2.64. The Labute approximate surface area is 162 Å². The number of hydrazone groups is 1. The van der Waals surface area contributed by atoms with Crippen LogP contribution in [0.4, 0.5) is 5.69 Å². The molecule has 0 aliphatic heterocycles. The van der Waals surface area contributed by atoms with Crippen molar-refractivity contribution in [1.82, 2.24) is 5.43 Å². The van der Waals surface area contributed by atoms with E-state index in [4.69, 9.17) is 9.47 Å². The summed E-state index contributed by atoms with van der Waals surface area (Å²) in [6.45, 7) is 1.98. The van der Waals surface area contributed by atoms with Gasteiger partial charge in [0.2, 0.25) is 0 Å². The molecule has 0 heterocycles. The molecule has 1 amide bonds. The van der Waals surface area contributed by atoms with Gasteiger partial charge in [-0.05, 0) is 35.0 Å². The SMILES string of the molecule is CCOc1ccccc1OCC(=O)N/N=C/c1cc([N+](=O)[O-])cc(Br)c1O. The summed E-state index contributed by atoms with van der Waals surface area (Å²) in [5.74, 6) is 0.142. The summed E-state index contributed by atoms with van der Waals surface area (Å²) in [7, 11) is 0. The van der Waals surface area contributed by atoms with Crippen molar-refractivity contribution < 1.29 is 24.3 Å². The molecule has 9 nitrogen and oxygen atoms in total. The molecule has 0 aliphatic carbocycles. The fourth-order valence-electron chi connectivity index (χ4n) is 2.00. The Kier molecular flexibility index (Phi) is 7.12. The maximum absolute atomic E-state index is 11.8. The molecule has 2 aromatic carbocycles. The molecular weight excluding hydrogens is 422 g/mol. The van der Waals surface area contributed by atoms with E-state index in [2.05, 4.69) is 26.5 Å². The normalized spacial score (nSPS) is 10.6. The number of nitro groups is 1. The molecule has 2 rings (SSSR count). The van der Waals surface area contributed by atoms with Crippen LogP contribution in [0.3, 0.4) is 0 Å². The largest absolute Gasteiger partial charge is 0.506 e. The Morgan fingerprint density at radius 1 is 1.33 bits per heavy atom. The number of amides is 1. The van der Waals surface area contributed by atoms with Crippen LogP contribution in [0.2, 0.25) is 0 Å². The van der Waals surface area contributed by atoms with Gasteiger partial charge in [-0.3, -0.25) is 14.9 Å². The van der Waals surface area contributed by atoms with E-state index in [1.807, 2.05) is 6.92 Å². The minimum absolute atomic E-state index is 0.0685. The minimum atomic E-state index is -0.607. The van der Waals surface area contributed by atoms with Crippen molar-refractivity contribution in [2.24, 2.45) is 5.10 Å². The molecule has 0 aliphatic rings. The average molecular weight is 438 g/mol. The molecule has 0 atom stereocenters. The summed E-state index contributed by atoms with van der Waals surface area (Å²) in [6, 6.07) is 9.21. The second kappa shape index (κ2) is 9.53. The Balaban J connectivity index is 1.97. The Morgan fingerprint density at radius 2 is 2.00 bits per heavy atom. The summed E-state index contributed by atoms with van der Waals surface area (Å²) < 4.78 is 10.9. The third-order valence-electron chi connectivity index (χ3n) is 3.19. The van der Waals surface area contributed by atoms with Crippen LogP contribution in [0.1, 0.15) is 12.5 Å². The first-order valence-electron chi connectivity index (χ1n) is 7.75. The predicted molar refractivity (Wildman–Crippen MR) is 101 cm³/mol. The molecule has 0 aromatic heterocycles. The predicted octanol–water partition coefficient (Wildman–Crippen LogP) is 2.99. The quantitative estimate of drug-likeness (QED) is 0.371. The molecule has 0 spiro atoms. The molecule has 27 heavy (non-hydrogen) atoms. The molecule has 142 valence electrons. The van der Waals surface area contributed by atoms with Gasteiger partial charge in [0.25, 0.3) is 11.6 Å². The van der Waals surface area contributed by atoms with Crippen LogP contribution in [-0.2, 0) is 4.79 Å². The third kappa shape index (κ3) is 5.68. The molecule has 2 N–H and O–H groups in total. The second-order valence-electron chi connectivity index (χ2n) is 5.08. The van der Waals surface area contributed by atoms with E-state index in [-0.39, 0.29) is 28.1 Å². The van der Waals surface area contributed by atoms with Crippen molar-refractivity contribution in [1.29, 1.82) is 0 Å². The van der Waals surface area contributed by atoms with Crippen molar-refractivity contribution >= 4 is 33.7 Å². The van der Waals surface area contributed by atoms with Gasteiger partial charge in [-0.25, -0.2) is 5.43 Å². The number of rotatable bonds is 8. The number of phenolic OH excluding ortho intramolecular Hbond substituents is 1. The van der Waals surface area contributed by atoms with Gasteiger partial charge in [-0.2, -0.15) is 5.10 Å². The standard InChI is InChI=1S/C17H16BrN3O6/c1-2-26-14-5-3-4-6-15(14)27-10-16(22)20-19-9-11-7-12(21(24)25)8-13(18)17(11)23/h3-9,23H,2,10H2,1H3,(H,20,22)/b19-9+. The molecule has 0 saturated carbocycles. The number of halogens is 1. The van der Waals surface area contributed by atoms with E-state index in [1.165, 1.54) is 0 Å². The Bertz CT molecular complexity index is 872. The lowest BCUT2D eigenvalue weighted by molar-refractivity contribution is -0.385. The van der Waals surface area contributed by atoms with Gasteiger partial charge in [0.05, 0.1) is 22.2 Å². The zero-order valence-electron chi connectivity index (χ0n) is 14.2. The van der Waals surface area contributed by atoms with Crippen LogP contribution in [0.15, 0.2) is 46.0 Å². The van der Waals surface area contributed by atoms with Crippen molar-refractivity contribution in [2.75, 3.05) is 13.2 Å². The van der Waals surface area contributed by atoms with Crippen LogP contribution in [0.25, 0.3) is 0 Å². The number of nitrogens with one attached hydrogen (secondary N) is 1. The molecule has 0 fully saturated rings. The fraction of sp³-hybridized carbons (Fsp3) is 0.176. The monoisotopic (exact) mass is 437 g/mol. The number of carbonyl (C=O) groups is 1. The number of ether oxygens (including phenoxy) is 2. The first kappa shape index (κ1) is 20.2. The highest BCUT2D eigenvalue weighted by atomic mass is 79.9. The van der Waals surface area contributed by atoms with Gasteiger partial charge >= 0.3 is 0 Å². The zero-order chi connectivity index (χ0) is 19.8. The maximum Gasteiger partial charge on any atom is 0.277 e. The number of carbonyl (C=O) groups excluding carboxylic acids is 1. The lowest BCUT2D eigenvalue weighted by Crippen LogP contribution is -2.24. The fourth-order valence-corrected chi connectivity index (χ4v) is 2.47. The number of nitro benzene ring substituents is 1. The van der Waals surface area contributed by atoms with Gasteiger partial charge in [-0.15, -0.1) is 0 Å². The van der Waals surface area contributed by atoms with Crippen LogP contribution in [0, 0.1) is 10.1 Å². The van der Waals surface area contributed by atoms with Crippen molar-refractivity contribution in [3.8, 4) is 17.2 Å². The Hall–Kier alpha value is -3.14. The number of aromatic hydroxyl groups is 1. The van der Waals surface area contributed by atoms with Crippen LogP contribution in [-0.4, -0.2) is 35.4 Å². The number of hydrogen-bond acceptors (Lipinski definition) is 7. The molecule has 0 radical (unpaired) electrons. The number of benzene rings is 2. The van der Waals surface area contributed by atoms with Crippen molar-refractivity contribution in [3.63, 3.8) is 0 Å². The highest BCUT2D eigenvalue weighted by Gasteiger charge is 2.13. The minimum Gasteiger partial charge on any atom is -0.506 e. The van der Waals surface area contributed by atoms with E-state index >= 15 is 0 Å². The summed E-state index contributed by atoms with van der Waals surface area (Å²) in [5, 5.41) is 24.4. The topological polar surface area (TPSA) is 123 Å². The summed E-state index contributed by atoms with van der Waals surface area (Å²) >= 11 is 3.02. The first-order valence-corrected chi connectivity index (χ1v) is 8.55. The summed E-state index contributed by atoms with van der Waals surface area (Å²) in [6.07, 6.45) is 1.10. The van der Waals surface area contributed by atoms with Gasteiger partial charge in [0, 0.05) is 17.7 Å². The van der Waals surface area contributed by atoms with Crippen molar-refractivity contribution in [2.45, 2.75) is 6.92 Å². The number of hydrogen-bond donors (Lipinski definition) is 2. The van der Waals surface area contributed by atoms with Gasteiger partial charge in [0.1, 0.15) is 5.75 Å². The highest BCUT2D eigenvalue weighted by Crippen LogP contribution is 2.31. The van der Waals surface area contributed by atoms with E-state index in [9.17, 15) is 20.0 Å². The van der Waals surface area contributed by atoms with E-state index in [0.29, 0.717) is 18.1 Å². The lowest BCUT2D eigenvalue weighted by Gasteiger charge is -2.10. The number of para-hydroxylation sites is 2. The summed E-state index contributed by atoms with van der Waals surface area (Å²) in [5.41, 5.74) is 2.05. The number of non-ortho nitro benzene ring substituents is 1. The summed E-state index contributed by atoms with van der Waals surface area (Å²) in [4.78, 5) is 22.1. The third-order valence-corrected chi connectivity index (χ3v) is 3.79. The number of nitrogens with zero attached hydrogens (tertiary/aromatic N) is 2. The van der Waals surface area contributed by atoms with E-state index in [1.54, 1.807) is 24.3 Å². The number of phenols is 1. The molecular formula is C17H16BrN3O6. The highest BCUT2D eigenvalue weighted by molar-refractivity contribution is 9.10. The smallest absolute Gasteiger partial charge is 0.277 e. The van der Waals surface area contributed by atoms with Gasteiger partial charge in [0.15, 0.2) is 18.1 Å². The molecule has 0 unspecified atom stereocenters. The van der Waals surface area contributed by atoms with Gasteiger partial charge in [-0.1, -0.05) is 12.1 Å². The van der Waals surface area contributed by atoms with Crippen LogP contribution < -0.4 is 14.9 Å². The maximum atomic E-state index is 11.8. The van der Waals surface area contributed by atoms with E-state index < -0.39 is 10.8 Å². The van der Waals surface area contributed by atoms with Crippen LogP contribution in [0.5, 0.6) is 17.2 Å². The van der Waals surface area contributed by atoms with Gasteiger partial charge < -0.3 is 14.6 Å². The van der Waals surface area contributed by atoms with Crippen molar-refractivity contribution in [3.05, 3.63) is 56.5 Å². The molecule has 0 bridgehead atoms. The lowest BCUT2D eigenvalue weighted by atomic mass is 10.2. The second-order valence-corrected chi connectivity index (χ2v) is 5.94. The molecule has 10 heteroatoms. The Morgan fingerprint density at radius 3 is 2.63 bits per heavy atom. The van der Waals surface area contributed by atoms with E-state index in [0.717, 1.165) is 18.3 Å². The first-order chi connectivity index (χ1) is 12.9. The molecule has 0 saturated heterocycles. The zero-order valence-corrected chi connectivity index (χ0v) is 15.8.